The van der Waals surface area contributed by atoms with Crippen molar-refractivity contribution in [2.75, 3.05) is 51.8 Å². The van der Waals surface area contributed by atoms with Gasteiger partial charge < -0.3 is 19.4 Å². The maximum absolute atomic E-state index is 12.5. The number of piperazine rings is 1. The van der Waals surface area contributed by atoms with Crippen molar-refractivity contribution < 1.29 is 9.53 Å². The van der Waals surface area contributed by atoms with Gasteiger partial charge in [0.05, 0.1) is 5.02 Å². The molecule has 1 aliphatic heterocycles. The van der Waals surface area contributed by atoms with Crippen molar-refractivity contribution in [1.29, 1.82) is 0 Å². The van der Waals surface area contributed by atoms with E-state index in [4.69, 9.17) is 27.9 Å². The fraction of sp³-hybridized carbons (Fsp3) is 0.381. The molecule has 0 unspecified atom stereocenters. The van der Waals surface area contributed by atoms with Crippen LogP contribution in [0, 0.1) is 0 Å². The Balaban J connectivity index is 1.51. The lowest BCUT2D eigenvalue weighted by atomic mass is 10.1. The molecule has 0 aromatic heterocycles. The van der Waals surface area contributed by atoms with Gasteiger partial charge in [0, 0.05) is 43.4 Å². The summed E-state index contributed by atoms with van der Waals surface area (Å²) in [5.41, 5.74) is 2.49. The Labute approximate surface area is 176 Å². The van der Waals surface area contributed by atoms with Crippen LogP contribution in [0.4, 0.5) is 5.69 Å². The Morgan fingerprint density at radius 2 is 1.82 bits per heavy atom. The molecule has 0 bridgehead atoms. The van der Waals surface area contributed by atoms with Crippen LogP contribution in [-0.4, -0.2) is 62.6 Å². The van der Waals surface area contributed by atoms with E-state index in [-0.39, 0.29) is 12.5 Å². The summed E-state index contributed by atoms with van der Waals surface area (Å²) in [5.74, 6) is 0.433. The van der Waals surface area contributed by atoms with Crippen LogP contribution in [-0.2, 0) is 11.3 Å². The molecule has 28 heavy (non-hydrogen) atoms. The van der Waals surface area contributed by atoms with Gasteiger partial charge in [-0.25, -0.2) is 0 Å². The SMILES string of the molecule is CN(C)Cc1cccc(N2CCN(C(=O)COc3ccc(Cl)cc3Cl)CC2)c1. The van der Waals surface area contributed by atoms with Crippen molar-refractivity contribution in [1.82, 2.24) is 9.80 Å². The van der Waals surface area contributed by atoms with Crippen molar-refractivity contribution in [3.8, 4) is 5.75 Å². The maximum atomic E-state index is 12.5. The zero-order valence-corrected chi connectivity index (χ0v) is 17.7. The first kappa shape index (κ1) is 20.8. The molecule has 3 rings (SSSR count). The summed E-state index contributed by atoms with van der Waals surface area (Å²) in [5, 5.41) is 0.942. The van der Waals surface area contributed by atoms with Crippen LogP contribution >= 0.6 is 23.2 Å². The number of rotatable bonds is 6. The number of halogens is 2. The molecule has 2 aromatic rings. The molecule has 1 amide bonds. The number of carbonyl (C=O) groups excluding carboxylic acids is 1. The molecule has 0 atom stereocenters. The Kier molecular flexibility index (Phi) is 7.05. The van der Waals surface area contributed by atoms with Crippen LogP contribution < -0.4 is 9.64 Å². The third-order valence-electron chi connectivity index (χ3n) is 4.65. The zero-order valence-electron chi connectivity index (χ0n) is 16.2. The van der Waals surface area contributed by atoms with E-state index >= 15 is 0 Å². The first-order chi connectivity index (χ1) is 13.4. The Morgan fingerprint density at radius 1 is 1.07 bits per heavy atom. The standard InChI is InChI=1S/C21H25Cl2N3O2/c1-24(2)14-16-4-3-5-18(12-16)25-8-10-26(11-9-25)21(27)15-28-20-7-6-17(22)13-19(20)23/h3-7,12-13H,8-11,14-15H2,1-2H3. The number of hydrogen-bond donors (Lipinski definition) is 0. The van der Waals surface area contributed by atoms with E-state index in [0.717, 1.165) is 19.6 Å². The highest BCUT2D eigenvalue weighted by molar-refractivity contribution is 6.35. The highest BCUT2D eigenvalue weighted by Crippen LogP contribution is 2.27. The Bertz CT molecular complexity index is 821. The van der Waals surface area contributed by atoms with E-state index in [1.165, 1.54) is 11.3 Å². The van der Waals surface area contributed by atoms with Crippen molar-refractivity contribution in [2.24, 2.45) is 0 Å². The fourth-order valence-electron chi connectivity index (χ4n) is 3.25. The van der Waals surface area contributed by atoms with Crippen LogP contribution in [0.1, 0.15) is 5.56 Å². The number of ether oxygens (including phenoxy) is 1. The fourth-order valence-corrected chi connectivity index (χ4v) is 3.72. The second-order valence-electron chi connectivity index (χ2n) is 7.14. The van der Waals surface area contributed by atoms with Gasteiger partial charge in [-0.15, -0.1) is 0 Å². The Morgan fingerprint density at radius 3 is 2.50 bits per heavy atom. The second kappa shape index (κ2) is 9.50. The van der Waals surface area contributed by atoms with E-state index in [1.807, 2.05) is 4.90 Å². The van der Waals surface area contributed by atoms with Crippen molar-refractivity contribution in [2.45, 2.75) is 6.54 Å². The third-order valence-corrected chi connectivity index (χ3v) is 5.18. The molecule has 0 saturated carbocycles. The minimum Gasteiger partial charge on any atom is -0.482 e. The summed E-state index contributed by atoms with van der Waals surface area (Å²) in [6.45, 7) is 3.84. The molecule has 1 saturated heterocycles. The van der Waals surface area contributed by atoms with Crippen LogP contribution in [0.2, 0.25) is 10.0 Å². The Hall–Kier alpha value is -1.95. The molecule has 1 heterocycles. The largest absolute Gasteiger partial charge is 0.482 e. The quantitative estimate of drug-likeness (QED) is 0.710. The smallest absolute Gasteiger partial charge is 0.260 e. The molecular formula is C21H25Cl2N3O2. The van der Waals surface area contributed by atoms with Crippen LogP contribution in [0.15, 0.2) is 42.5 Å². The van der Waals surface area contributed by atoms with E-state index in [9.17, 15) is 4.79 Å². The lowest BCUT2D eigenvalue weighted by Crippen LogP contribution is -2.50. The number of benzene rings is 2. The van der Waals surface area contributed by atoms with Gasteiger partial charge in [-0.1, -0.05) is 35.3 Å². The minimum atomic E-state index is -0.0352. The van der Waals surface area contributed by atoms with Crippen LogP contribution in [0.5, 0.6) is 5.75 Å². The molecule has 0 spiro atoms. The summed E-state index contributed by atoms with van der Waals surface area (Å²) >= 11 is 12.0. The summed E-state index contributed by atoms with van der Waals surface area (Å²) in [6.07, 6.45) is 0. The first-order valence-electron chi connectivity index (χ1n) is 9.26. The van der Waals surface area contributed by atoms with Gasteiger partial charge >= 0.3 is 0 Å². The summed E-state index contributed by atoms with van der Waals surface area (Å²) in [7, 11) is 4.13. The highest BCUT2D eigenvalue weighted by atomic mass is 35.5. The lowest BCUT2D eigenvalue weighted by Gasteiger charge is -2.36. The van der Waals surface area contributed by atoms with Crippen LogP contribution in [0.3, 0.4) is 0 Å². The molecule has 0 N–H and O–H groups in total. The molecule has 1 aliphatic rings. The van der Waals surface area contributed by atoms with Gasteiger partial charge in [0.1, 0.15) is 5.75 Å². The van der Waals surface area contributed by atoms with Crippen molar-refractivity contribution in [3.63, 3.8) is 0 Å². The molecular weight excluding hydrogens is 397 g/mol. The maximum Gasteiger partial charge on any atom is 0.260 e. The predicted octanol–water partition coefficient (Wildman–Crippen LogP) is 3.78. The number of anilines is 1. The molecule has 5 nitrogen and oxygen atoms in total. The van der Waals surface area contributed by atoms with E-state index in [0.29, 0.717) is 28.9 Å². The van der Waals surface area contributed by atoms with E-state index < -0.39 is 0 Å². The molecule has 0 aliphatic carbocycles. The van der Waals surface area contributed by atoms with Gasteiger partial charge in [-0.2, -0.15) is 0 Å². The highest BCUT2D eigenvalue weighted by Gasteiger charge is 2.22. The zero-order chi connectivity index (χ0) is 20.1. The van der Waals surface area contributed by atoms with Gasteiger partial charge in [0.15, 0.2) is 6.61 Å². The van der Waals surface area contributed by atoms with Gasteiger partial charge in [-0.3, -0.25) is 4.79 Å². The average molecular weight is 422 g/mol. The summed E-state index contributed by atoms with van der Waals surface area (Å²) < 4.78 is 5.57. The second-order valence-corrected chi connectivity index (χ2v) is 7.98. The molecule has 150 valence electrons. The van der Waals surface area contributed by atoms with Crippen molar-refractivity contribution >= 4 is 34.8 Å². The van der Waals surface area contributed by atoms with Crippen LogP contribution in [0.25, 0.3) is 0 Å². The van der Waals surface area contributed by atoms with E-state index in [1.54, 1.807) is 18.2 Å². The number of amides is 1. The molecule has 7 heteroatoms. The monoisotopic (exact) mass is 421 g/mol. The topological polar surface area (TPSA) is 36.0 Å². The summed E-state index contributed by atoms with van der Waals surface area (Å²) in [4.78, 5) is 18.8. The summed E-state index contributed by atoms with van der Waals surface area (Å²) in [6, 6.07) is 13.6. The number of nitrogens with zero attached hydrogens (tertiary/aromatic N) is 3. The molecule has 0 radical (unpaired) electrons. The average Bonchev–Trinajstić information content (AvgIpc) is 2.67. The molecule has 2 aromatic carbocycles. The first-order valence-corrected chi connectivity index (χ1v) is 10.0. The normalized spacial score (nSPS) is 14.5. The molecule has 1 fully saturated rings. The third kappa shape index (κ3) is 5.53. The van der Waals surface area contributed by atoms with E-state index in [2.05, 4.69) is 48.2 Å². The number of carbonyl (C=O) groups is 1. The van der Waals surface area contributed by atoms with Crippen molar-refractivity contribution in [3.05, 3.63) is 58.1 Å². The predicted molar refractivity (Wildman–Crippen MR) is 115 cm³/mol. The minimum absolute atomic E-state index is 0.0281. The van der Waals surface area contributed by atoms with Gasteiger partial charge in [0.25, 0.3) is 5.91 Å². The lowest BCUT2D eigenvalue weighted by molar-refractivity contribution is -0.133. The van der Waals surface area contributed by atoms with Gasteiger partial charge in [0.2, 0.25) is 0 Å². The number of hydrogen-bond acceptors (Lipinski definition) is 4. The van der Waals surface area contributed by atoms with Gasteiger partial charge in [-0.05, 0) is 50.0 Å².